The van der Waals surface area contributed by atoms with Gasteiger partial charge < -0.3 is 14.4 Å². The van der Waals surface area contributed by atoms with E-state index in [4.69, 9.17) is 4.98 Å². The first-order chi connectivity index (χ1) is 18.0. The minimum atomic E-state index is -0.0114. The van der Waals surface area contributed by atoms with Crippen LogP contribution in [0.2, 0.25) is 0 Å². The Hall–Kier alpha value is -3.71. The lowest BCUT2D eigenvalue weighted by Gasteiger charge is -2.28. The lowest BCUT2D eigenvalue weighted by atomic mass is 10.00. The minimum absolute atomic E-state index is 0.0114. The number of rotatable bonds is 8. The van der Waals surface area contributed by atoms with Gasteiger partial charge in [0.25, 0.3) is 11.8 Å². The molecule has 3 heterocycles. The van der Waals surface area contributed by atoms with Gasteiger partial charge in [-0.05, 0) is 54.7 Å². The molecule has 2 aromatic carbocycles. The molecule has 0 unspecified atom stereocenters. The Labute approximate surface area is 222 Å². The highest BCUT2D eigenvalue weighted by molar-refractivity contribution is 7.09. The van der Waals surface area contributed by atoms with Crippen molar-refractivity contribution in [3.8, 4) is 0 Å². The third kappa shape index (κ3) is 5.52. The van der Waals surface area contributed by atoms with Gasteiger partial charge in [-0.15, -0.1) is 11.3 Å². The van der Waals surface area contributed by atoms with E-state index in [9.17, 15) is 9.59 Å². The smallest absolute Gasteiger partial charge is 0.273 e. The molecule has 2 aromatic heterocycles. The Morgan fingerprint density at radius 3 is 2.62 bits per heavy atom. The van der Waals surface area contributed by atoms with Crippen molar-refractivity contribution >= 4 is 23.2 Å². The van der Waals surface area contributed by atoms with Crippen LogP contribution < -0.4 is 0 Å². The van der Waals surface area contributed by atoms with Crippen molar-refractivity contribution in [1.82, 2.24) is 19.4 Å². The van der Waals surface area contributed by atoms with Crippen molar-refractivity contribution in [3.63, 3.8) is 0 Å². The van der Waals surface area contributed by atoms with E-state index in [1.807, 2.05) is 64.7 Å². The van der Waals surface area contributed by atoms with E-state index >= 15 is 0 Å². The Balaban J connectivity index is 1.27. The molecular formula is C30H32N4O2S. The van der Waals surface area contributed by atoms with Crippen molar-refractivity contribution < 1.29 is 9.59 Å². The van der Waals surface area contributed by atoms with Crippen LogP contribution in [0.15, 0.2) is 72.2 Å². The Morgan fingerprint density at radius 2 is 1.81 bits per heavy atom. The molecule has 0 atom stereocenters. The third-order valence-corrected chi connectivity index (χ3v) is 7.76. The molecule has 37 heavy (non-hydrogen) atoms. The number of aryl methyl sites for hydroxylation is 1. The highest BCUT2D eigenvalue weighted by Crippen LogP contribution is 2.22. The average molecular weight is 513 g/mol. The average Bonchev–Trinajstić information content (AvgIpc) is 3.57. The van der Waals surface area contributed by atoms with Crippen LogP contribution in [-0.2, 0) is 26.1 Å². The predicted molar refractivity (Wildman–Crippen MR) is 147 cm³/mol. The normalized spacial score (nSPS) is 12.9. The zero-order valence-corrected chi connectivity index (χ0v) is 22.2. The number of thiazole rings is 1. The number of fused-ring (bicyclic) bond motifs is 1. The van der Waals surface area contributed by atoms with Gasteiger partial charge in [0.05, 0.1) is 13.1 Å². The first-order valence-corrected chi connectivity index (χ1v) is 13.7. The first kappa shape index (κ1) is 25.0. The molecule has 1 aliphatic rings. The molecule has 0 radical (unpaired) electrons. The summed E-state index contributed by atoms with van der Waals surface area (Å²) in [5.41, 5.74) is 5.83. The summed E-state index contributed by atoms with van der Waals surface area (Å²) in [6.45, 7) is 7.20. The molecule has 5 rings (SSSR count). The van der Waals surface area contributed by atoms with Crippen LogP contribution in [0.5, 0.6) is 0 Å². The van der Waals surface area contributed by atoms with Crippen molar-refractivity contribution in [2.45, 2.75) is 46.3 Å². The number of aromatic nitrogens is 2. The summed E-state index contributed by atoms with van der Waals surface area (Å²) >= 11 is 1.51. The van der Waals surface area contributed by atoms with E-state index in [0.717, 1.165) is 34.7 Å². The maximum atomic E-state index is 13.3. The topological polar surface area (TPSA) is 58.4 Å². The molecule has 7 heteroatoms. The monoisotopic (exact) mass is 512 g/mol. The van der Waals surface area contributed by atoms with Crippen molar-refractivity contribution in [2.24, 2.45) is 0 Å². The standard InChI is InChI=1S/C30H32N4O2S/c1-3-15-33(29(35)26-13-7-4-9-22(26)2)19-25-12-8-16-32(25)20-28-31-27(21-37-28)30(36)34-17-14-23-10-5-6-11-24(23)18-34/h4-13,16,21H,3,14-15,17-20H2,1-2H3. The second-order valence-corrected chi connectivity index (χ2v) is 10.5. The second-order valence-electron chi connectivity index (χ2n) is 9.54. The molecule has 2 amide bonds. The van der Waals surface area contributed by atoms with Gasteiger partial charge in [-0.1, -0.05) is 49.4 Å². The summed E-state index contributed by atoms with van der Waals surface area (Å²) in [6, 6.07) is 20.1. The molecule has 6 nitrogen and oxygen atoms in total. The summed E-state index contributed by atoms with van der Waals surface area (Å²) < 4.78 is 2.12. The summed E-state index contributed by atoms with van der Waals surface area (Å²) in [5.74, 6) is 0.0422. The van der Waals surface area contributed by atoms with Gasteiger partial charge in [-0.25, -0.2) is 4.98 Å². The van der Waals surface area contributed by atoms with E-state index in [1.54, 1.807) is 0 Å². The highest BCUT2D eigenvalue weighted by Gasteiger charge is 2.24. The molecule has 0 saturated heterocycles. The molecule has 0 fully saturated rings. The molecule has 0 spiro atoms. The molecule has 4 aromatic rings. The van der Waals surface area contributed by atoms with Crippen LogP contribution >= 0.6 is 11.3 Å². The maximum Gasteiger partial charge on any atom is 0.273 e. The van der Waals surface area contributed by atoms with Gasteiger partial charge in [-0.3, -0.25) is 9.59 Å². The summed E-state index contributed by atoms with van der Waals surface area (Å²) in [6.07, 6.45) is 3.78. The number of carbonyl (C=O) groups excluding carboxylic acids is 2. The van der Waals surface area contributed by atoms with Crippen LogP contribution in [-0.4, -0.2) is 44.3 Å². The zero-order chi connectivity index (χ0) is 25.8. The molecule has 0 saturated carbocycles. The number of hydrogen-bond donors (Lipinski definition) is 0. The molecule has 0 bridgehead atoms. The fourth-order valence-corrected chi connectivity index (χ4v) is 5.67. The van der Waals surface area contributed by atoms with Crippen LogP contribution in [0.25, 0.3) is 0 Å². The molecular weight excluding hydrogens is 480 g/mol. The van der Waals surface area contributed by atoms with Crippen LogP contribution in [0.3, 0.4) is 0 Å². The minimum Gasteiger partial charge on any atom is -0.343 e. The fraction of sp³-hybridized carbons (Fsp3) is 0.300. The highest BCUT2D eigenvalue weighted by atomic mass is 32.1. The predicted octanol–water partition coefficient (Wildman–Crippen LogP) is 5.55. The maximum absolute atomic E-state index is 13.3. The summed E-state index contributed by atoms with van der Waals surface area (Å²) in [5, 5.41) is 2.75. The fourth-order valence-electron chi connectivity index (χ4n) is 4.91. The number of hydrogen-bond acceptors (Lipinski definition) is 4. The summed E-state index contributed by atoms with van der Waals surface area (Å²) in [4.78, 5) is 35.0. The van der Waals surface area contributed by atoms with Gasteiger partial charge in [0.15, 0.2) is 0 Å². The van der Waals surface area contributed by atoms with Gasteiger partial charge in [0.1, 0.15) is 10.7 Å². The SMILES string of the molecule is CCCN(Cc1cccn1Cc1nc(C(=O)N2CCc3ccccc3C2)cs1)C(=O)c1ccccc1C. The van der Waals surface area contributed by atoms with Crippen molar-refractivity contribution in [1.29, 1.82) is 0 Å². The van der Waals surface area contributed by atoms with Crippen LogP contribution in [0.1, 0.15) is 61.6 Å². The van der Waals surface area contributed by atoms with Gasteiger partial charge in [0, 0.05) is 42.5 Å². The van der Waals surface area contributed by atoms with Crippen molar-refractivity contribution in [2.75, 3.05) is 13.1 Å². The second kappa shape index (κ2) is 11.1. The molecule has 190 valence electrons. The molecule has 1 aliphatic heterocycles. The van der Waals surface area contributed by atoms with E-state index < -0.39 is 0 Å². The molecule has 0 aliphatic carbocycles. The Morgan fingerprint density at radius 1 is 1.03 bits per heavy atom. The van der Waals surface area contributed by atoms with Gasteiger partial charge >= 0.3 is 0 Å². The quantitative estimate of drug-likeness (QED) is 0.311. The Bertz CT molecular complexity index is 1410. The first-order valence-electron chi connectivity index (χ1n) is 12.8. The number of carbonyl (C=O) groups is 2. The van der Waals surface area contributed by atoms with E-state index in [1.165, 1.54) is 22.5 Å². The van der Waals surface area contributed by atoms with Crippen LogP contribution in [0.4, 0.5) is 0 Å². The number of nitrogens with zero attached hydrogens (tertiary/aromatic N) is 4. The number of amides is 2. The van der Waals surface area contributed by atoms with E-state index in [0.29, 0.717) is 38.4 Å². The van der Waals surface area contributed by atoms with Gasteiger partial charge in [-0.2, -0.15) is 0 Å². The summed E-state index contributed by atoms with van der Waals surface area (Å²) in [7, 11) is 0. The van der Waals surface area contributed by atoms with E-state index in [2.05, 4.69) is 35.8 Å². The lowest BCUT2D eigenvalue weighted by Crippen LogP contribution is -2.36. The molecule has 0 N–H and O–H groups in total. The lowest BCUT2D eigenvalue weighted by molar-refractivity contribution is 0.0725. The van der Waals surface area contributed by atoms with Crippen LogP contribution in [0, 0.1) is 6.92 Å². The van der Waals surface area contributed by atoms with E-state index in [-0.39, 0.29) is 11.8 Å². The Kier molecular flexibility index (Phi) is 7.51. The van der Waals surface area contributed by atoms with Crippen molar-refractivity contribution in [3.05, 3.63) is 111 Å². The van der Waals surface area contributed by atoms with Gasteiger partial charge in [0.2, 0.25) is 0 Å². The largest absolute Gasteiger partial charge is 0.343 e. The third-order valence-electron chi connectivity index (χ3n) is 6.93. The number of benzene rings is 2. The zero-order valence-electron chi connectivity index (χ0n) is 21.4.